The van der Waals surface area contributed by atoms with Crippen LogP contribution in [-0.2, 0) is 0 Å². The van der Waals surface area contributed by atoms with Crippen LogP contribution in [0, 0.1) is 17.8 Å². The summed E-state index contributed by atoms with van der Waals surface area (Å²) in [5, 5.41) is 8.31. The first-order chi connectivity index (χ1) is 5.84. The number of nitrogens with two attached hydrogens (primary N) is 1. The summed E-state index contributed by atoms with van der Waals surface area (Å²) in [6.45, 7) is 0.640. The van der Waals surface area contributed by atoms with Gasteiger partial charge in [0.15, 0.2) is 0 Å². The predicted molar refractivity (Wildman–Crippen MR) is 45.6 cm³/mol. The van der Waals surface area contributed by atoms with Crippen molar-refractivity contribution in [3.8, 4) is 0 Å². The standard InChI is InChI=1S/C9H15N3/c10-5-9(11-12-9)8-4-6-1-2-7(8)3-6/h6-8H,1-5,10H2. The van der Waals surface area contributed by atoms with Gasteiger partial charge in [-0.25, -0.2) is 0 Å². The molecule has 2 saturated carbocycles. The highest BCUT2D eigenvalue weighted by Gasteiger charge is 2.55. The average Bonchev–Trinajstić information content (AvgIpc) is 2.62. The van der Waals surface area contributed by atoms with Gasteiger partial charge in [0.25, 0.3) is 0 Å². The molecule has 3 nitrogen and oxygen atoms in total. The molecule has 3 unspecified atom stereocenters. The first kappa shape index (κ1) is 7.01. The minimum absolute atomic E-state index is 0.0974. The van der Waals surface area contributed by atoms with E-state index >= 15 is 0 Å². The molecule has 0 radical (unpaired) electrons. The lowest BCUT2D eigenvalue weighted by Gasteiger charge is -2.25. The molecule has 3 heteroatoms. The molecular weight excluding hydrogens is 150 g/mol. The second-order valence-electron chi connectivity index (χ2n) is 4.56. The van der Waals surface area contributed by atoms with Gasteiger partial charge in [0.05, 0.1) is 0 Å². The Hall–Kier alpha value is -0.440. The maximum absolute atomic E-state index is 5.69. The molecule has 0 aromatic carbocycles. The van der Waals surface area contributed by atoms with Crippen LogP contribution in [0.1, 0.15) is 25.7 Å². The number of fused-ring (bicyclic) bond motifs is 2. The van der Waals surface area contributed by atoms with Crippen LogP contribution in [0.3, 0.4) is 0 Å². The number of rotatable bonds is 2. The first-order valence-corrected chi connectivity index (χ1v) is 4.98. The van der Waals surface area contributed by atoms with Gasteiger partial charge in [-0.3, -0.25) is 0 Å². The van der Waals surface area contributed by atoms with Gasteiger partial charge in [-0.15, -0.1) is 0 Å². The summed E-state index contributed by atoms with van der Waals surface area (Å²) in [7, 11) is 0. The summed E-state index contributed by atoms with van der Waals surface area (Å²) in [4.78, 5) is 0. The quantitative estimate of drug-likeness (QED) is 0.663. The molecule has 3 rings (SSSR count). The van der Waals surface area contributed by atoms with Crippen molar-refractivity contribution in [2.45, 2.75) is 31.3 Å². The van der Waals surface area contributed by atoms with E-state index in [1.54, 1.807) is 0 Å². The molecule has 1 aliphatic heterocycles. The van der Waals surface area contributed by atoms with E-state index in [9.17, 15) is 0 Å². The third-order valence-electron chi connectivity index (χ3n) is 3.99. The fraction of sp³-hybridized carbons (Fsp3) is 1.00. The van der Waals surface area contributed by atoms with Crippen LogP contribution in [-0.4, -0.2) is 12.2 Å². The molecule has 2 fully saturated rings. The summed E-state index contributed by atoms with van der Waals surface area (Å²) >= 11 is 0. The molecular formula is C9H15N3. The normalized spacial score (nSPS) is 46.9. The zero-order valence-corrected chi connectivity index (χ0v) is 7.24. The van der Waals surface area contributed by atoms with Crippen LogP contribution in [0.5, 0.6) is 0 Å². The van der Waals surface area contributed by atoms with Crippen LogP contribution in [0.2, 0.25) is 0 Å². The molecule has 0 saturated heterocycles. The number of nitrogens with zero attached hydrogens (tertiary/aromatic N) is 2. The van der Waals surface area contributed by atoms with E-state index in [1.807, 2.05) is 0 Å². The third-order valence-corrected chi connectivity index (χ3v) is 3.99. The first-order valence-electron chi connectivity index (χ1n) is 4.98. The fourth-order valence-electron chi connectivity index (χ4n) is 3.26. The predicted octanol–water partition coefficient (Wildman–Crippen LogP) is 1.54. The van der Waals surface area contributed by atoms with Gasteiger partial charge in [-0.05, 0) is 31.1 Å². The van der Waals surface area contributed by atoms with Crippen LogP contribution in [0.15, 0.2) is 10.2 Å². The summed E-state index contributed by atoms with van der Waals surface area (Å²) in [5.41, 5.74) is 5.60. The average molecular weight is 165 g/mol. The maximum atomic E-state index is 5.69. The molecule has 0 spiro atoms. The Labute approximate surface area is 72.4 Å². The van der Waals surface area contributed by atoms with E-state index in [-0.39, 0.29) is 5.66 Å². The zero-order valence-electron chi connectivity index (χ0n) is 7.24. The number of hydrogen-bond acceptors (Lipinski definition) is 3. The van der Waals surface area contributed by atoms with Crippen LogP contribution >= 0.6 is 0 Å². The second kappa shape index (κ2) is 2.08. The Bertz CT molecular complexity index is 230. The van der Waals surface area contributed by atoms with Crippen molar-refractivity contribution >= 4 is 0 Å². The lowest BCUT2D eigenvalue weighted by atomic mass is 9.81. The molecule has 2 aliphatic carbocycles. The Kier molecular flexibility index (Phi) is 1.21. The van der Waals surface area contributed by atoms with Gasteiger partial charge in [0.2, 0.25) is 5.66 Å². The van der Waals surface area contributed by atoms with Gasteiger partial charge >= 0.3 is 0 Å². The maximum Gasteiger partial charge on any atom is 0.206 e. The van der Waals surface area contributed by atoms with Crippen molar-refractivity contribution in [1.29, 1.82) is 0 Å². The van der Waals surface area contributed by atoms with Crippen LogP contribution < -0.4 is 5.73 Å². The van der Waals surface area contributed by atoms with E-state index in [1.165, 1.54) is 25.7 Å². The van der Waals surface area contributed by atoms with Crippen molar-refractivity contribution in [1.82, 2.24) is 0 Å². The van der Waals surface area contributed by atoms with E-state index in [0.29, 0.717) is 12.5 Å². The molecule has 1 heterocycles. The van der Waals surface area contributed by atoms with Gasteiger partial charge in [-0.2, -0.15) is 10.2 Å². The summed E-state index contributed by atoms with van der Waals surface area (Å²) in [6, 6.07) is 0. The Morgan fingerprint density at radius 2 is 2.08 bits per heavy atom. The van der Waals surface area contributed by atoms with E-state index < -0.39 is 0 Å². The van der Waals surface area contributed by atoms with E-state index in [2.05, 4.69) is 10.2 Å². The molecule has 0 aromatic rings. The minimum atomic E-state index is -0.0974. The summed E-state index contributed by atoms with van der Waals surface area (Å²) < 4.78 is 0. The number of hydrogen-bond donors (Lipinski definition) is 1. The van der Waals surface area contributed by atoms with E-state index in [4.69, 9.17) is 5.73 Å². The molecule has 0 amide bonds. The van der Waals surface area contributed by atoms with Gasteiger partial charge < -0.3 is 5.73 Å². The fourth-order valence-corrected chi connectivity index (χ4v) is 3.26. The van der Waals surface area contributed by atoms with Crippen molar-refractivity contribution in [2.24, 2.45) is 33.7 Å². The van der Waals surface area contributed by atoms with Crippen LogP contribution in [0.4, 0.5) is 0 Å². The third kappa shape index (κ3) is 0.750. The topological polar surface area (TPSA) is 50.7 Å². The van der Waals surface area contributed by atoms with Crippen LogP contribution in [0.25, 0.3) is 0 Å². The largest absolute Gasteiger partial charge is 0.326 e. The molecule has 2 bridgehead atoms. The molecule has 12 heavy (non-hydrogen) atoms. The lowest BCUT2D eigenvalue weighted by molar-refractivity contribution is 0.255. The molecule has 3 atom stereocenters. The van der Waals surface area contributed by atoms with E-state index in [0.717, 1.165) is 11.8 Å². The van der Waals surface area contributed by atoms with Crippen molar-refractivity contribution in [3.05, 3.63) is 0 Å². The summed E-state index contributed by atoms with van der Waals surface area (Å²) in [6.07, 6.45) is 5.62. The van der Waals surface area contributed by atoms with Crippen molar-refractivity contribution in [2.75, 3.05) is 6.54 Å². The molecule has 0 aromatic heterocycles. The van der Waals surface area contributed by atoms with Crippen molar-refractivity contribution < 1.29 is 0 Å². The Morgan fingerprint density at radius 3 is 2.50 bits per heavy atom. The molecule has 66 valence electrons. The van der Waals surface area contributed by atoms with Gasteiger partial charge in [0.1, 0.15) is 0 Å². The Morgan fingerprint density at radius 1 is 1.25 bits per heavy atom. The lowest BCUT2D eigenvalue weighted by Crippen LogP contribution is -2.35. The smallest absolute Gasteiger partial charge is 0.206 e. The highest BCUT2D eigenvalue weighted by Crippen LogP contribution is 2.56. The SMILES string of the molecule is NCC1(C2CC3CCC2C3)N=N1. The zero-order chi connectivity index (χ0) is 8.18. The molecule has 3 aliphatic rings. The highest BCUT2D eigenvalue weighted by atomic mass is 15.5. The molecule has 2 N–H and O–H groups in total. The second-order valence-corrected chi connectivity index (χ2v) is 4.56. The highest BCUT2D eigenvalue weighted by molar-refractivity contribution is 5.07. The van der Waals surface area contributed by atoms with Gasteiger partial charge in [0, 0.05) is 12.5 Å². The van der Waals surface area contributed by atoms with Gasteiger partial charge in [-0.1, -0.05) is 6.42 Å². The monoisotopic (exact) mass is 165 g/mol. The Balaban J connectivity index is 1.78. The summed E-state index contributed by atoms with van der Waals surface area (Å²) in [5.74, 6) is 2.59. The van der Waals surface area contributed by atoms with Crippen molar-refractivity contribution in [3.63, 3.8) is 0 Å². The minimum Gasteiger partial charge on any atom is -0.326 e.